The van der Waals surface area contributed by atoms with Crippen LogP contribution in [0.3, 0.4) is 0 Å². The van der Waals surface area contributed by atoms with Crippen LogP contribution in [0.25, 0.3) is 0 Å². The molecule has 3 nitrogen and oxygen atoms in total. The van der Waals surface area contributed by atoms with Crippen molar-refractivity contribution in [3.05, 3.63) is 50.9 Å². The molecule has 0 saturated carbocycles. The smallest absolute Gasteiger partial charge is 0.0944 e. The first-order chi connectivity index (χ1) is 8.22. The zero-order valence-corrected chi connectivity index (χ0v) is 11.1. The molecule has 0 radical (unpaired) electrons. The average molecular weight is 268 g/mol. The van der Waals surface area contributed by atoms with Crippen LogP contribution in [0.2, 0.25) is 5.02 Å². The fraction of sp³-hybridized carbons (Fsp3) is 0.250. The Kier molecular flexibility index (Phi) is 4.12. The van der Waals surface area contributed by atoms with Crippen molar-refractivity contribution in [2.24, 2.45) is 5.84 Å². The minimum Gasteiger partial charge on any atom is -0.271 e. The van der Waals surface area contributed by atoms with Crippen LogP contribution in [0.1, 0.15) is 22.2 Å². The fourth-order valence-electron chi connectivity index (χ4n) is 1.79. The van der Waals surface area contributed by atoms with Crippen molar-refractivity contribution >= 4 is 22.9 Å². The first-order valence-corrected chi connectivity index (χ1v) is 6.57. The van der Waals surface area contributed by atoms with E-state index in [1.807, 2.05) is 30.5 Å². The number of rotatable bonds is 4. The third kappa shape index (κ3) is 2.84. The molecule has 0 saturated heterocycles. The summed E-state index contributed by atoms with van der Waals surface area (Å²) in [6.45, 7) is 2.00. The number of nitrogens with one attached hydrogen (secondary N) is 1. The Labute approximate surface area is 110 Å². The molecule has 0 spiro atoms. The summed E-state index contributed by atoms with van der Waals surface area (Å²) < 4.78 is 0. The fourth-order valence-corrected chi connectivity index (χ4v) is 2.63. The summed E-state index contributed by atoms with van der Waals surface area (Å²) in [6.07, 6.45) is 2.58. The summed E-state index contributed by atoms with van der Waals surface area (Å²) in [4.78, 5) is 4.27. The Hall–Kier alpha value is -0.940. The van der Waals surface area contributed by atoms with E-state index in [1.165, 1.54) is 0 Å². The molecule has 17 heavy (non-hydrogen) atoms. The van der Waals surface area contributed by atoms with Gasteiger partial charge in [0.1, 0.15) is 0 Å². The molecule has 1 heterocycles. The molecule has 0 aliphatic heterocycles. The van der Waals surface area contributed by atoms with Crippen molar-refractivity contribution in [1.82, 2.24) is 10.4 Å². The maximum Gasteiger partial charge on any atom is 0.0944 e. The van der Waals surface area contributed by atoms with E-state index in [9.17, 15) is 0 Å². The normalized spacial score (nSPS) is 12.6. The van der Waals surface area contributed by atoms with Crippen LogP contribution in [-0.4, -0.2) is 4.98 Å². The highest BCUT2D eigenvalue weighted by Crippen LogP contribution is 2.26. The van der Waals surface area contributed by atoms with Gasteiger partial charge in [0.15, 0.2) is 0 Å². The number of halogens is 1. The zero-order valence-electron chi connectivity index (χ0n) is 9.48. The number of hydrogen-bond donors (Lipinski definition) is 2. The number of hydrazine groups is 1. The first kappa shape index (κ1) is 12.5. The van der Waals surface area contributed by atoms with Gasteiger partial charge in [0.2, 0.25) is 0 Å². The molecule has 90 valence electrons. The van der Waals surface area contributed by atoms with Gasteiger partial charge >= 0.3 is 0 Å². The minimum atomic E-state index is 0.0415. The maximum absolute atomic E-state index is 6.12. The molecule has 1 atom stereocenters. The lowest BCUT2D eigenvalue weighted by molar-refractivity contribution is 0.548. The molecule has 1 unspecified atom stereocenters. The Balaban J connectivity index is 2.26. The summed E-state index contributed by atoms with van der Waals surface area (Å²) in [5.74, 6) is 5.62. The van der Waals surface area contributed by atoms with Gasteiger partial charge in [0, 0.05) is 23.0 Å². The van der Waals surface area contributed by atoms with Gasteiger partial charge in [-0.1, -0.05) is 23.7 Å². The SMILES string of the molecule is Cc1c(Cl)cccc1C(Cc1nccs1)NN. The lowest BCUT2D eigenvalue weighted by Crippen LogP contribution is -2.30. The van der Waals surface area contributed by atoms with Crippen molar-refractivity contribution in [3.63, 3.8) is 0 Å². The predicted molar refractivity (Wildman–Crippen MR) is 72.1 cm³/mol. The lowest BCUT2D eigenvalue weighted by Gasteiger charge is -2.18. The molecule has 0 aliphatic carbocycles. The van der Waals surface area contributed by atoms with Crippen molar-refractivity contribution in [1.29, 1.82) is 0 Å². The van der Waals surface area contributed by atoms with Gasteiger partial charge in [0.25, 0.3) is 0 Å². The summed E-state index contributed by atoms with van der Waals surface area (Å²) in [5, 5.41) is 3.79. The van der Waals surface area contributed by atoms with Crippen molar-refractivity contribution in [3.8, 4) is 0 Å². The van der Waals surface area contributed by atoms with Crippen LogP contribution in [0.15, 0.2) is 29.8 Å². The first-order valence-electron chi connectivity index (χ1n) is 5.32. The average Bonchev–Trinajstić information content (AvgIpc) is 2.83. The number of benzene rings is 1. The predicted octanol–water partition coefficient (Wildman–Crippen LogP) is 2.85. The van der Waals surface area contributed by atoms with E-state index in [4.69, 9.17) is 17.4 Å². The summed E-state index contributed by atoms with van der Waals surface area (Å²) in [5.41, 5.74) is 5.02. The molecule has 3 N–H and O–H groups in total. The number of aromatic nitrogens is 1. The molecular weight excluding hydrogens is 254 g/mol. The third-order valence-electron chi connectivity index (χ3n) is 2.75. The molecule has 1 aromatic heterocycles. The quantitative estimate of drug-likeness (QED) is 0.662. The monoisotopic (exact) mass is 267 g/mol. The van der Waals surface area contributed by atoms with Crippen LogP contribution in [-0.2, 0) is 6.42 Å². The van der Waals surface area contributed by atoms with Crippen LogP contribution in [0.4, 0.5) is 0 Å². The summed E-state index contributed by atoms with van der Waals surface area (Å²) >= 11 is 7.75. The van der Waals surface area contributed by atoms with E-state index in [2.05, 4.69) is 10.4 Å². The van der Waals surface area contributed by atoms with Gasteiger partial charge in [-0.05, 0) is 24.1 Å². The second-order valence-corrected chi connectivity index (χ2v) is 5.19. The van der Waals surface area contributed by atoms with Crippen molar-refractivity contribution < 1.29 is 0 Å². The van der Waals surface area contributed by atoms with E-state index in [0.29, 0.717) is 0 Å². The van der Waals surface area contributed by atoms with Gasteiger partial charge in [-0.3, -0.25) is 11.3 Å². The van der Waals surface area contributed by atoms with E-state index in [1.54, 1.807) is 17.5 Å². The molecule has 0 amide bonds. The third-order valence-corrected chi connectivity index (χ3v) is 3.96. The van der Waals surface area contributed by atoms with Gasteiger partial charge < -0.3 is 0 Å². The van der Waals surface area contributed by atoms with Gasteiger partial charge in [-0.15, -0.1) is 11.3 Å². The van der Waals surface area contributed by atoms with Crippen molar-refractivity contribution in [2.45, 2.75) is 19.4 Å². The van der Waals surface area contributed by atoms with Gasteiger partial charge in [0.05, 0.1) is 11.0 Å². The molecular formula is C12H14ClN3S. The van der Waals surface area contributed by atoms with Crippen molar-refractivity contribution in [2.75, 3.05) is 0 Å². The maximum atomic E-state index is 6.12. The van der Waals surface area contributed by atoms with E-state index in [-0.39, 0.29) is 6.04 Å². The Morgan fingerprint density at radius 2 is 2.35 bits per heavy atom. The number of nitrogens with zero attached hydrogens (tertiary/aromatic N) is 1. The number of hydrogen-bond acceptors (Lipinski definition) is 4. The molecule has 1 aromatic carbocycles. The highest BCUT2D eigenvalue weighted by atomic mass is 35.5. The second-order valence-electron chi connectivity index (χ2n) is 3.80. The van der Waals surface area contributed by atoms with Crippen LogP contribution in [0.5, 0.6) is 0 Å². The van der Waals surface area contributed by atoms with E-state index >= 15 is 0 Å². The van der Waals surface area contributed by atoms with Crippen LogP contribution < -0.4 is 11.3 Å². The van der Waals surface area contributed by atoms with E-state index in [0.717, 1.165) is 27.6 Å². The van der Waals surface area contributed by atoms with Crippen LogP contribution >= 0.6 is 22.9 Å². The molecule has 0 fully saturated rings. The molecule has 5 heteroatoms. The minimum absolute atomic E-state index is 0.0415. The second kappa shape index (κ2) is 5.60. The van der Waals surface area contributed by atoms with Gasteiger partial charge in [-0.2, -0.15) is 0 Å². The number of nitrogens with two attached hydrogens (primary N) is 1. The molecule has 0 aliphatic rings. The highest BCUT2D eigenvalue weighted by molar-refractivity contribution is 7.09. The highest BCUT2D eigenvalue weighted by Gasteiger charge is 2.15. The summed E-state index contributed by atoms with van der Waals surface area (Å²) in [7, 11) is 0. The largest absolute Gasteiger partial charge is 0.271 e. The zero-order chi connectivity index (χ0) is 12.3. The lowest BCUT2D eigenvalue weighted by atomic mass is 9.99. The Morgan fingerprint density at radius 3 is 3.00 bits per heavy atom. The van der Waals surface area contributed by atoms with Crippen LogP contribution in [0, 0.1) is 6.92 Å². The molecule has 2 aromatic rings. The number of thiazole rings is 1. The van der Waals surface area contributed by atoms with Gasteiger partial charge in [-0.25, -0.2) is 4.98 Å². The topological polar surface area (TPSA) is 50.9 Å². The standard InChI is InChI=1S/C12H14ClN3S/c1-8-9(3-2-4-10(8)13)11(16-14)7-12-15-5-6-17-12/h2-6,11,16H,7,14H2,1H3. The Bertz CT molecular complexity index is 485. The van der Waals surface area contributed by atoms with E-state index < -0.39 is 0 Å². The summed E-state index contributed by atoms with van der Waals surface area (Å²) in [6, 6.07) is 5.91. The Morgan fingerprint density at radius 1 is 1.53 bits per heavy atom. The molecule has 2 rings (SSSR count). The molecule has 0 bridgehead atoms.